The van der Waals surface area contributed by atoms with Gasteiger partial charge in [0.05, 0.1) is 18.0 Å². The molecule has 0 bridgehead atoms. The summed E-state index contributed by atoms with van der Waals surface area (Å²) in [5.41, 5.74) is 7.30. The largest absolute Gasteiger partial charge is 0.494 e. The molecule has 1 aliphatic heterocycles. The van der Waals surface area contributed by atoms with Crippen molar-refractivity contribution in [2.45, 2.75) is 39.0 Å². The fourth-order valence-corrected chi connectivity index (χ4v) is 2.93. The number of ketones is 1. The Kier molecular flexibility index (Phi) is 8.80. The smallest absolute Gasteiger partial charge is 0.231 e. The van der Waals surface area contributed by atoms with E-state index in [1.807, 2.05) is 0 Å². The molecular weight excluding hydrogens is 408 g/mol. The molecule has 2 aromatic carbocycles. The van der Waals surface area contributed by atoms with E-state index in [0.29, 0.717) is 35.0 Å². The Morgan fingerprint density at radius 3 is 2.47 bits per heavy atom. The van der Waals surface area contributed by atoms with Crippen molar-refractivity contribution in [1.82, 2.24) is 0 Å². The number of nitrogen functional groups attached to an aromatic ring is 1. The zero-order valence-corrected chi connectivity index (χ0v) is 17.8. The molecule has 0 aliphatic carbocycles. The van der Waals surface area contributed by atoms with Crippen LogP contribution in [0.25, 0.3) is 0 Å². The van der Waals surface area contributed by atoms with Crippen molar-refractivity contribution in [1.29, 1.82) is 0 Å². The molecule has 1 amide bonds. The van der Waals surface area contributed by atoms with E-state index in [2.05, 4.69) is 12.2 Å². The molecule has 162 valence electrons. The molecule has 8 heteroatoms. The van der Waals surface area contributed by atoms with Crippen LogP contribution in [0.3, 0.4) is 0 Å². The minimum absolute atomic E-state index is 0. The van der Waals surface area contributed by atoms with Gasteiger partial charge in [0.1, 0.15) is 5.75 Å². The van der Waals surface area contributed by atoms with Gasteiger partial charge < -0.3 is 25.3 Å². The first-order chi connectivity index (χ1) is 14.1. The molecule has 0 spiro atoms. The van der Waals surface area contributed by atoms with Crippen LogP contribution in [0.4, 0.5) is 11.4 Å². The Bertz CT molecular complexity index is 871. The Hall–Kier alpha value is -2.93. The third-order valence-electron chi connectivity index (χ3n) is 4.59. The minimum atomic E-state index is -0.292. The first-order valence-corrected chi connectivity index (χ1v) is 9.82. The average Bonchev–Trinajstić information content (AvgIpc) is 3.17. The number of nitrogens with two attached hydrogens (primary N) is 1. The number of nitrogens with one attached hydrogen (secondary N) is 1. The zero-order valence-electron chi connectivity index (χ0n) is 16.9. The number of Topliss-reactive ketones (excluding diaryl/α,β-unsaturated/α-hetero) is 1. The minimum Gasteiger partial charge on any atom is -0.494 e. The number of hydrogen-bond donors (Lipinski definition) is 2. The lowest BCUT2D eigenvalue weighted by Gasteiger charge is -2.09. The van der Waals surface area contributed by atoms with Crippen LogP contribution >= 0.6 is 12.4 Å². The predicted octanol–water partition coefficient (Wildman–Crippen LogP) is 4.59. The second-order valence-corrected chi connectivity index (χ2v) is 6.84. The van der Waals surface area contributed by atoms with Gasteiger partial charge in [-0.1, -0.05) is 19.8 Å². The number of rotatable bonds is 10. The van der Waals surface area contributed by atoms with E-state index in [-0.39, 0.29) is 43.7 Å². The molecule has 2 aromatic rings. The molecule has 3 rings (SSSR count). The number of fused-ring (bicyclic) bond motifs is 1. The third kappa shape index (κ3) is 6.29. The van der Waals surface area contributed by atoms with E-state index in [0.717, 1.165) is 25.0 Å². The first-order valence-electron chi connectivity index (χ1n) is 9.82. The van der Waals surface area contributed by atoms with Crippen molar-refractivity contribution in [2.75, 3.05) is 24.5 Å². The highest BCUT2D eigenvalue weighted by Crippen LogP contribution is 2.38. The summed E-state index contributed by atoms with van der Waals surface area (Å²) in [6.45, 7) is 2.94. The van der Waals surface area contributed by atoms with E-state index in [9.17, 15) is 9.59 Å². The fourth-order valence-electron chi connectivity index (χ4n) is 2.93. The van der Waals surface area contributed by atoms with Gasteiger partial charge >= 0.3 is 0 Å². The van der Waals surface area contributed by atoms with E-state index in [1.165, 1.54) is 0 Å². The zero-order chi connectivity index (χ0) is 20.6. The van der Waals surface area contributed by atoms with Crippen LogP contribution < -0.4 is 25.3 Å². The summed E-state index contributed by atoms with van der Waals surface area (Å²) in [7, 11) is 0. The van der Waals surface area contributed by atoms with Gasteiger partial charge in [-0.05, 0) is 30.7 Å². The van der Waals surface area contributed by atoms with Gasteiger partial charge in [-0.25, -0.2) is 0 Å². The number of ether oxygens (including phenoxy) is 3. The number of amides is 1. The summed E-state index contributed by atoms with van der Waals surface area (Å²) in [4.78, 5) is 24.6. The summed E-state index contributed by atoms with van der Waals surface area (Å²) in [5.74, 6) is 1.43. The first kappa shape index (κ1) is 23.3. The van der Waals surface area contributed by atoms with Crippen molar-refractivity contribution >= 4 is 35.5 Å². The topological polar surface area (TPSA) is 99.9 Å². The normalized spacial score (nSPS) is 11.5. The maximum Gasteiger partial charge on any atom is 0.231 e. The summed E-state index contributed by atoms with van der Waals surface area (Å²) in [6, 6.07) is 10.3. The van der Waals surface area contributed by atoms with E-state index in [1.54, 1.807) is 36.4 Å². The lowest BCUT2D eigenvalue weighted by Crippen LogP contribution is -2.14. The van der Waals surface area contributed by atoms with Crippen molar-refractivity contribution in [2.24, 2.45) is 0 Å². The van der Waals surface area contributed by atoms with Crippen LogP contribution in [-0.4, -0.2) is 25.1 Å². The number of hydrogen-bond acceptors (Lipinski definition) is 6. The van der Waals surface area contributed by atoms with Crippen LogP contribution in [0, 0.1) is 0 Å². The average molecular weight is 435 g/mol. The number of unbranched alkanes of at least 4 members (excludes halogenated alkanes) is 2. The standard InChI is InChI=1S/C22H26N2O5.ClH/c1-2-3-4-11-27-16-7-5-15(6-8-16)19(25)9-10-22(26)24-18-13-21-20(12-17(18)23)28-14-29-21;/h5-8,12-13H,2-4,9-11,14,23H2,1H3,(H,24,26);1H. The van der Waals surface area contributed by atoms with E-state index < -0.39 is 0 Å². The van der Waals surface area contributed by atoms with Crippen molar-refractivity contribution in [3.63, 3.8) is 0 Å². The molecule has 30 heavy (non-hydrogen) atoms. The second kappa shape index (κ2) is 11.3. The molecule has 0 saturated heterocycles. The van der Waals surface area contributed by atoms with Gasteiger partial charge in [0.25, 0.3) is 0 Å². The SMILES string of the molecule is CCCCCOc1ccc(C(=O)CCC(=O)Nc2cc3c(cc2N)OCO3)cc1.Cl. The van der Waals surface area contributed by atoms with Crippen LogP contribution in [0.1, 0.15) is 49.4 Å². The van der Waals surface area contributed by atoms with Gasteiger partial charge in [0.2, 0.25) is 12.7 Å². The van der Waals surface area contributed by atoms with Gasteiger partial charge in [-0.2, -0.15) is 0 Å². The molecule has 0 aromatic heterocycles. The Balaban J connectivity index is 0.00000320. The quantitative estimate of drug-likeness (QED) is 0.322. The molecule has 7 nitrogen and oxygen atoms in total. The molecule has 0 radical (unpaired) electrons. The molecule has 0 fully saturated rings. The highest BCUT2D eigenvalue weighted by molar-refractivity contribution is 6.01. The number of anilines is 2. The highest BCUT2D eigenvalue weighted by atomic mass is 35.5. The fraction of sp³-hybridized carbons (Fsp3) is 0.364. The monoisotopic (exact) mass is 434 g/mol. The van der Waals surface area contributed by atoms with Gasteiger partial charge in [-0.3, -0.25) is 9.59 Å². The van der Waals surface area contributed by atoms with Gasteiger partial charge in [0, 0.05) is 30.5 Å². The van der Waals surface area contributed by atoms with Gasteiger partial charge in [0.15, 0.2) is 17.3 Å². The maximum atomic E-state index is 12.4. The van der Waals surface area contributed by atoms with Crippen molar-refractivity contribution < 1.29 is 23.8 Å². The molecule has 0 unspecified atom stereocenters. The number of carbonyl (C=O) groups excluding carboxylic acids is 2. The highest BCUT2D eigenvalue weighted by Gasteiger charge is 2.17. The van der Waals surface area contributed by atoms with E-state index in [4.69, 9.17) is 19.9 Å². The second-order valence-electron chi connectivity index (χ2n) is 6.84. The number of benzene rings is 2. The molecule has 0 atom stereocenters. The Morgan fingerprint density at radius 1 is 1.07 bits per heavy atom. The molecule has 0 saturated carbocycles. The van der Waals surface area contributed by atoms with Crippen LogP contribution in [-0.2, 0) is 4.79 Å². The lowest BCUT2D eigenvalue weighted by atomic mass is 10.1. The third-order valence-corrected chi connectivity index (χ3v) is 4.59. The molecule has 1 heterocycles. The van der Waals surface area contributed by atoms with Crippen molar-refractivity contribution in [3.05, 3.63) is 42.0 Å². The van der Waals surface area contributed by atoms with Crippen LogP contribution in [0.5, 0.6) is 17.2 Å². The van der Waals surface area contributed by atoms with Crippen molar-refractivity contribution in [3.8, 4) is 17.2 Å². The predicted molar refractivity (Wildman–Crippen MR) is 118 cm³/mol. The maximum absolute atomic E-state index is 12.4. The van der Waals surface area contributed by atoms with Crippen LogP contribution in [0.2, 0.25) is 0 Å². The molecular formula is C22H27ClN2O5. The Labute approximate surface area is 182 Å². The Morgan fingerprint density at radius 2 is 1.77 bits per heavy atom. The summed E-state index contributed by atoms with van der Waals surface area (Å²) in [5, 5.41) is 2.72. The summed E-state index contributed by atoms with van der Waals surface area (Å²) < 4.78 is 16.2. The number of halogens is 1. The number of carbonyl (C=O) groups is 2. The summed E-state index contributed by atoms with van der Waals surface area (Å²) >= 11 is 0. The lowest BCUT2D eigenvalue weighted by molar-refractivity contribution is -0.116. The molecule has 1 aliphatic rings. The van der Waals surface area contributed by atoms with Gasteiger partial charge in [-0.15, -0.1) is 12.4 Å². The molecule has 3 N–H and O–H groups in total. The van der Waals surface area contributed by atoms with Crippen LogP contribution in [0.15, 0.2) is 36.4 Å². The summed E-state index contributed by atoms with van der Waals surface area (Å²) in [6.07, 6.45) is 3.46. The van der Waals surface area contributed by atoms with E-state index >= 15 is 0 Å².